The molecular weight excluding hydrogens is 484 g/mol. The first-order chi connectivity index (χ1) is 16.1. The number of nitrogens with zero attached hydrogens (tertiary/aromatic N) is 3. The Hall–Kier alpha value is -2.70. The second-order valence-electron chi connectivity index (χ2n) is 8.12. The number of carboxylic acids is 1. The minimum Gasteiger partial charge on any atom is -0.477 e. The van der Waals surface area contributed by atoms with Crippen LogP contribution in [0.25, 0.3) is 0 Å². The van der Waals surface area contributed by atoms with Crippen LogP contribution in [0.3, 0.4) is 0 Å². The van der Waals surface area contributed by atoms with Crippen molar-refractivity contribution in [3.8, 4) is 0 Å². The van der Waals surface area contributed by atoms with Crippen LogP contribution in [0.15, 0.2) is 0 Å². The summed E-state index contributed by atoms with van der Waals surface area (Å²) in [5.41, 5.74) is 0.587. The number of aromatic nitrogens is 3. The van der Waals surface area contributed by atoms with Crippen LogP contribution in [-0.2, 0) is 11.2 Å². The Bertz CT molecular complexity index is 1050. The number of thiazole rings is 1. The van der Waals surface area contributed by atoms with Gasteiger partial charge in [0.05, 0.1) is 17.8 Å². The Kier molecular flexibility index (Phi) is 8.50. The smallest absolute Gasteiger partial charge is 0.348 e. The van der Waals surface area contributed by atoms with E-state index in [0.717, 1.165) is 11.3 Å². The summed E-state index contributed by atoms with van der Waals surface area (Å²) < 4.78 is 5.89. The number of amides is 2. The fourth-order valence-electron chi connectivity index (χ4n) is 3.68. The molecule has 3 rings (SSSR count). The zero-order valence-corrected chi connectivity index (χ0v) is 21.0. The molecule has 0 spiro atoms. The summed E-state index contributed by atoms with van der Waals surface area (Å²) in [5, 5.41) is 15.9. The third-order valence-electron chi connectivity index (χ3n) is 5.27. The van der Waals surface area contributed by atoms with Crippen LogP contribution in [0.2, 0.25) is 5.15 Å². The molecule has 1 aliphatic rings. The van der Waals surface area contributed by atoms with Gasteiger partial charge in [0, 0.05) is 25.7 Å². The maximum atomic E-state index is 12.7. The highest BCUT2D eigenvalue weighted by molar-refractivity contribution is 7.17. The zero-order valence-electron chi connectivity index (χ0n) is 19.5. The number of carbonyl (C=O) groups is 3. The van der Waals surface area contributed by atoms with E-state index in [1.807, 2.05) is 18.7 Å². The number of aromatic amines is 1. The highest BCUT2D eigenvalue weighted by atomic mass is 35.5. The van der Waals surface area contributed by atoms with E-state index >= 15 is 0 Å². The van der Waals surface area contributed by atoms with Gasteiger partial charge >= 0.3 is 5.97 Å². The number of carboxylic acid groups (broad SMARTS) is 1. The van der Waals surface area contributed by atoms with Gasteiger partial charge in [0.15, 0.2) is 21.8 Å². The van der Waals surface area contributed by atoms with Crippen LogP contribution in [0.4, 0.5) is 5.13 Å². The topological polar surface area (TPSA) is 150 Å². The third kappa shape index (κ3) is 5.86. The molecule has 1 fully saturated rings. The Balaban J connectivity index is 1.75. The molecule has 186 valence electrons. The number of rotatable bonds is 9. The molecule has 0 bridgehead atoms. The van der Waals surface area contributed by atoms with Gasteiger partial charge in [0.2, 0.25) is 0 Å². The van der Waals surface area contributed by atoms with Crippen molar-refractivity contribution in [2.75, 3.05) is 24.6 Å². The van der Waals surface area contributed by atoms with E-state index in [2.05, 4.69) is 25.6 Å². The van der Waals surface area contributed by atoms with Crippen molar-refractivity contribution >= 4 is 45.9 Å². The van der Waals surface area contributed by atoms with Gasteiger partial charge in [0.1, 0.15) is 4.88 Å². The summed E-state index contributed by atoms with van der Waals surface area (Å²) in [7, 11) is 0. The Morgan fingerprint density at radius 2 is 2.03 bits per heavy atom. The lowest BCUT2D eigenvalue weighted by Crippen LogP contribution is -2.55. The lowest BCUT2D eigenvalue weighted by atomic mass is 10.0. The van der Waals surface area contributed by atoms with Crippen molar-refractivity contribution in [3.05, 3.63) is 27.2 Å². The number of hydrogen-bond acceptors (Lipinski definition) is 8. The molecule has 4 N–H and O–H groups in total. The van der Waals surface area contributed by atoms with Crippen LogP contribution < -0.4 is 15.5 Å². The average Bonchev–Trinajstić information content (AvgIpc) is 3.39. The van der Waals surface area contributed by atoms with E-state index in [9.17, 15) is 19.5 Å². The maximum Gasteiger partial charge on any atom is 0.348 e. The van der Waals surface area contributed by atoms with Crippen LogP contribution in [0, 0.1) is 0 Å². The molecule has 11 nitrogen and oxygen atoms in total. The van der Waals surface area contributed by atoms with Gasteiger partial charge in [-0.3, -0.25) is 9.59 Å². The molecule has 3 heterocycles. The van der Waals surface area contributed by atoms with Crippen molar-refractivity contribution in [2.45, 2.75) is 58.7 Å². The molecule has 0 saturated carbocycles. The van der Waals surface area contributed by atoms with E-state index in [1.165, 1.54) is 0 Å². The minimum absolute atomic E-state index is 0.106. The summed E-state index contributed by atoms with van der Waals surface area (Å²) in [4.78, 5) is 50.0. The van der Waals surface area contributed by atoms with Crippen LogP contribution >= 0.6 is 22.9 Å². The quantitative estimate of drug-likeness (QED) is 0.400. The predicted octanol–water partition coefficient (Wildman–Crippen LogP) is 2.33. The molecule has 2 unspecified atom stereocenters. The van der Waals surface area contributed by atoms with E-state index in [0.29, 0.717) is 43.4 Å². The molecule has 1 saturated heterocycles. The lowest BCUT2D eigenvalue weighted by Gasteiger charge is -2.38. The van der Waals surface area contributed by atoms with Crippen molar-refractivity contribution in [2.24, 2.45) is 0 Å². The van der Waals surface area contributed by atoms with Crippen molar-refractivity contribution < 1.29 is 24.2 Å². The monoisotopic (exact) mass is 512 g/mol. The van der Waals surface area contributed by atoms with Gasteiger partial charge in [-0.15, -0.1) is 0 Å². The van der Waals surface area contributed by atoms with Gasteiger partial charge < -0.3 is 30.4 Å². The Labute approximate surface area is 206 Å². The van der Waals surface area contributed by atoms with Crippen LogP contribution in [0.5, 0.6) is 0 Å². The van der Waals surface area contributed by atoms with E-state index in [-0.39, 0.29) is 45.6 Å². The standard InChI is InChI=1S/C21H29ClN6O5S/c1-5-11-16(22)27-17(24-11)19(30)25-12-7-8-28(9-13(12)33-6-2)21-26-14(15(34-21)20(31)32)18(29)23-10(3)4/h10,12-13H,5-9H2,1-4H3,(H,23,29)(H,24,27)(H,25,30)(H,31,32). The minimum atomic E-state index is -1.20. The van der Waals surface area contributed by atoms with Gasteiger partial charge in [-0.05, 0) is 33.6 Å². The number of hydrogen-bond donors (Lipinski definition) is 4. The van der Waals surface area contributed by atoms with E-state index in [1.54, 1.807) is 13.8 Å². The van der Waals surface area contributed by atoms with E-state index < -0.39 is 11.9 Å². The Morgan fingerprint density at radius 3 is 2.62 bits per heavy atom. The van der Waals surface area contributed by atoms with Gasteiger partial charge in [-0.2, -0.15) is 0 Å². The van der Waals surface area contributed by atoms with Crippen molar-refractivity contribution in [1.82, 2.24) is 25.6 Å². The first-order valence-electron chi connectivity index (χ1n) is 11.1. The molecule has 34 heavy (non-hydrogen) atoms. The summed E-state index contributed by atoms with van der Waals surface area (Å²) >= 11 is 7.00. The normalized spacial score (nSPS) is 18.2. The maximum absolute atomic E-state index is 12.7. The predicted molar refractivity (Wildman–Crippen MR) is 128 cm³/mol. The number of aryl methyl sites for hydroxylation is 1. The average molecular weight is 513 g/mol. The molecular formula is C21H29ClN6O5S. The largest absolute Gasteiger partial charge is 0.477 e. The summed E-state index contributed by atoms with van der Waals surface area (Å²) in [6.45, 7) is 8.64. The molecule has 0 aromatic carbocycles. The third-order valence-corrected chi connectivity index (χ3v) is 6.69. The number of anilines is 1. The molecule has 2 aromatic rings. The second kappa shape index (κ2) is 11.2. The number of piperidine rings is 1. The molecule has 2 amide bonds. The summed E-state index contributed by atoms with van der Waals surface area (Å²) in [5.74, 6) is -1.96. The molecule has 0 radical (unpaired) electrons. The molecule has 0 aliphatic carbocycles. The number of imidazole rings is 1. The van der Waals surface area contributed by atoms with Gasteiger partial charge in [-0.25, -0.2) is 14.8 Å². The number of halogens is 1. The van der Waals surface area contributed by atoms with Gasteiger partial charge in [0.25, 0.3) is 11.8 Å². The molecule has 1 aliphatic heterocycles. The second-order valence-corrected chi connectivity index (χ2v) is 9.46. The summed E-state index contributed by atoms with van der Waals surface area (Å²) in [6.07, 6.45) is 0.785. The number of ether oxygens (including phenoxy) is 1. The van der Waals surface area contributed by atoms with Crippen LogP contribution in [-0.4, -0.2) is 75.7 Å². The van der Waals surface area contributed by atoms with Crippen molar-refractivity contribution in [1.29, 1.82) is 0 Å². The SMILES string of the molecule is CCOC1CN(c2nc(C(=O)NC(C)C)c(C(=O)O)s2)CCC1NC(=O)c1nc(Cl)c(CC)[nH]1. The summed E-state index contributed by atoms with van der Waals surface area (Å²) in [6, 6.07) is -0.446. The molecule has 2 aromatic heterocycles. The Morgan fingerprint density at radius 1 is 1.29 bits per heavy atom. The number of carbonyl (C=O) groups excluding carboxylic acids is 2. The fourth-order valence-corrected chi connectivity index (χ4v) is 4.88. The highest BCUT2D eigenvalue weighted by Gasteiger charge is 2.34. The fraction of sp³-hybridized carbons (Fsp3) is 0.571. The first-order valence-corrected chi connectivity index (χ1v) is 12.3. The molecule has 13 heteroatoms. The van der Waals surface area contributed by atoms with Crippen molar-refractivity contribution in [3.63, 3.8) is 0 Å². The molecule has 2 atom stereocenters. The number of H-pyrrole nitrogens is 1. The number of aromatic carboxylic acids is 1. The van der Waals surface area contributed by atoms with E-state index in [4.69, 9.17) is 16.3 Å². The highest BCUT2D eigenvalue weighted by Crippen LogP contribution is 2.30. The van der Waals surface area contributed by atoms with Crippen LogP contribution in [0.1, 0.15) is 70.6 Å². The van der Waals surface area contributed by atoms with Gasteiger partial charge in [-0.1, -0.05) is 29.9 Å². The lowest BCUT2D eigenvalue weighted by molar-refractivity contribution is 0.0271. The number of nitrogens with one attached hydrogen (secondary N) is 3. The first kappa shape index (κ1) is 25.9. The zero-order chi connectivity index (χ0) is 25.0.